The van der Waals surface area contributed by atoms with Crippen molar-refractivity contribution in [1.82, 2.24) is 9.80 Å². The van der Waals surface area contributed by atoms with Crippen molar-refractivity contribution in [2.45, 2.75) is 19.4 Å². The number of amides is 2. The van der Waals surface area contributed by atoms with Crippen molar-refractivity contribution < 1.29 is 33.1 Å². The van der Waals surface area contributed by atoms with Gasteiger partial charge in [-0.3, -0.25) is 19.7 Å². The topological polar surface area (TPSA) is 125 Å². The molecule has 0 fully saturated rings. The zero-order valence-corrected chi connectivity index (χ0v) is 22.3. The van der Waals surface area contributed by atoms with Crippen molar-refractivity contribution in [3.8, 4) is 11.5 Å². The second kappa shape index (κ2) is 14.5. The normalized spacial score (nSPS) is 10.6. The van der Waals surface area contributed by atoms with E-state index in [-0.39, 0.29) is 36.8 Å². The van der Waals surface area contributed by atoms with E-state index in [9.17, 15) is 19.7 Å². The SMILES string of the molecule is COCCCN(CC(=O)N(CCc1ccc(OC)c(OC)c1)Cc1ccco1)C(=O)c1cccc([N+](=O)[O-])c1. The lowest BCUT2D eigenvalue weighted by Crippen LogP contribution is -2.44. The van der Waals surface area contributed by atoms with Crippen LogP contribution in [0, 0.1) is 10.1 Å². The molecule has 0 N–H and O–H groups in total. The molecule has 0 saturated heterocycles. The van der Waals surface area contributed by atoms with Gasteiger partial charge in [0.2, 0.25) is 5.91 Å². The van der Waals surface area contributed by atoms with Gasteiger partial charge in [-0.1, -0.05) is 12.1 Å². The van der Waals surface area contributed by atoms with Crippen LogP contribution in [0.5, 0.6) is 11.5 Å². The van der Waals surface area contributed by atoms with Crippen LogP contribution in [0.1, 0.15) is 28.1 Å². The van der Waals surface area contributed by atoms with Crippen molar-refractivity contribution in [3.05, 3.63) is 87.9 Å². The van der Waals surface area contributed by atoms with Crippen molar-refractivity contribution in [2.75, 3.05) is 47.6 Å². The summed E-state index contributed by atoms with van der Waals surface area (Å²) in [5, 5.41) is 11.2. The zero-order valence-electron chi connectivity index (χ0n) is 22.3. The molecule has 0 unspecified atom stereocenters. The van der Waals surface area contributed by atoms with Crippen molar-refractivity contribution in [1.29, 1.82) is 0 Å². The number of carbonyl (C=O) groups is 2. The molecule has 0 aliphatic rings. The Morgan fingerprint density at radius 3 is 2.41 bits per heavy atom. The van der Waals surface area contributed by atoms with Gasteiger partial charge < -0.3 is 28.4 Å². The molecule has 0 radical (unpaired) electrons. The highest BCUT2D eigenvalue weighted by Gasteiger charge is 2.24. The highest BCUT2D eigenvalue weighted by molar-refractivity contribution is 5.97. The first kappa shape index (κ1) is 29.2. The summed E-state index contributed by atoms with van der Waals surface area (Å²) >= 11 is 0. The average Bonchev–Trinajstić information content (AvgIpc) is 3.47. The molecule has 3 aromatic rings. The number of non-ortho nitro benzene ring substituents is 1. The van der Waals surface area contributed by atoms with Gasteiger partial charge >= 0.3 is 0 Å². The molecule has 1 aromatic heterocycles. The van der Waals surface area contributed by atoms with E-state index < -0.39 is 10.8 Å². The maximum Gasteiger partial charge on any atom is 0.270 e. The monoisotopic (exact) mass is 539 g/mol. The summed E-state index contributed by atoms with van der Waals surface area (Å²) in [6.07, 6.45) is 2.55. The number of ether oxygens (including phenoxy) is 3. The molecule has 39 heavy (non-hydrogen) atoms. The largest absolute Gasteiger partial charge is 0.493 e. The fourth-order valence-corrected chi connectivity index (χ4v) is 4.03. The van der Waals surface area contributed by atoms with Crippen LogP contribution in [0.15, 0.2) is 65.3 Å². The molecule has 0 spiro atoms. The van der Waals surface area contributed by atoms with E-state index in [0.717, 1.165) is 5.56 Å². The molecule has 0 saturated carbocycles. The minimum atomic E-state index is -0.559. The number of benzene rings is 2. The van der Waals surface area contributed by atoms with Crippen molar-refractivity contribution in [3.63, 3.8) is 0 Å². The first-order chi connectivity index (χ1) is 18.9. The summed E-state index contributed by atoms with van der Waals surface area (Å²) < 4.78 is 21.3. The van der Waals surface area contributed by atoms with Crippen LogP contribution >= 0.6 is 0 Å². The van der Waals surface area contributed by atoms with Gasteiger partial charge in [-0.15, -0.1) is 0 Å². The molecule has 11 nitrogen and oxygen atoms in total. The van der Waals surface area contributed by atoms with Gasteiger partial charge in [0, 0.05) is 44.5 Å². The molecule has 2 amide bonds. The summed E-state index contributed by atoms with van der Waals surface area (Å²) in [5.41, 5.74) is 0.880. The van der Waals surface area contributed by atoms with E-state index in [2.05, 4.69) is 0 Å². The molecular formula is C28H33N3O8. The lowest BCUT2D eigenvalue weighted by atomic mass is 10.1. The zero-order chi connectivity index (χ0) is 28.2. The van der Waals surface area contributed by atoms with E-state index in [1.54, 1.807) is 38.4 Å². The number of furan rings is 1. The van der Waals surface area contributed by atoms with Gasteiger partial charge in [0.05, 0.1) is 32.0 Å². The number of hydrogen-bond acceptors (Lipinski definition) is 8. The molecule has 0 bridgehead atoms. The van der Waals surface area contributed by atoms with Crippen LogP contribution < -0.4 is 9.47 Å². The van der Waals surface area contributed by atoms with Gasteiger partial charge in [-0.05, 0) is 48.7 Å². The van der Waals surface area contributed by atoms with E-state index in [1.807, 2.05) is 18.2 Å². The van der Waals surface area contributed by atoms with Crippen LogP contribution in [0.4, 0.5) is 5.69 Å². The van der Waals surface area contributed by atoms with Crippen LogP contribution in [0.25, 0.3) is 0 Å². The fourth-order valence-electron chi connectivity index (χ4n) is 4.03. The lowest BCUT2D eigenvalue weighted by molar-refractivity contribution is -0.384. The molecule has 1 heterocycles. The molecule has 3 rings (SSSR count). The number of hydrogen-bond donors (Lipinski definition) is 0. The lowest BCUT2D eigenvalue weighted by Gasteiger charge is -2.27. The quantitative estimate of drug-likeness (QED) is 0.162. The summed E-state index contributed by atoms with van der Waals surface area (Å²) in [7, 11) is 4.68. The maximum atomic E-state index is 13.6. The predicted octanol–water partition coefficient (Wildman–Crippen LogP) is 3.96. The minimum Gasteiger partial charge on any atom is -0.493 e. The van der Waals surface area contributed by atoms with Crippen LogP contribution in [0.3, 0.4) is 0 Å². The predicted molar refractivity (Wildman–Crippen MR) is 143 cm³/mol. The van der Waals surface area contributed by atoms with Crippen LogP contribution in [-0.2, 0) is 22.5 Å². The van der Waals surface area contributed by atoms with Crippen molar-refractivity contribution >= 4 is 17.5 Å². The van der Waals surface area contributed by atoms with E-state index in [1.165, 1.54) is 35.4 Å². The summed E-state index contributed by atoms with van der Waals surface area (Å²) in [5.74, 6) is 1.04. The molecule has 11 heteroatoms. The Morgan fingerprint density at radius 2 is 1.74 bits per heavy atom. The molecule has 208 valence electrons. The summed E-state index contributed by atoms with van der Waals surface area (Å²) in [6, 6.07) is 14.6. The molecule has 0 atom stereocenters. The molecular weight excluding hydrogens is 506 g/mol. The Bertz CT molecular complexity index is 1250. The number of nitrogens with zero attached hydrogens (tertiary/aromatic N) is 3. The highest BCUT2D eigenvalue weighted by Crippen LogP contribution is 2.28. The smallest absolute Gasteiger partial charge is 0.270 e. The Morgan fingerprint density at radius 1 is 0.949 bits per heavy atom. The number of nitro groups is 1. The van der Waals surface area contributed by atoms with Crippen LogP contribution in [-0.4, -0.2) is 74.1 Å². The third-order valence-corrected chi connectivity index (χ3v) is 6.09. The second-order valence-corrected chi connectivity index (χ2v) is 8.71. The number of methoxy groups -OCH3 is 3. The number of rotatable bonds is 15. The third-order valence-electron chi connectivity index (χ3n) is 6.09. The first-order valence-corrected chi connectivity index (χ1v) is 12.4. The summed E-state index contributed by atoms with van der Waals surface area (Å²) in [4.78, 5) is 40.6. The van der Waals surface area contributed by atoms with Gasteiger partial charge in [0.25, 0.3) is 11.6 Å². The first-order valence-electron chi connectivity index (χ1n) is 12.4. The Labute approximate surface area is 227 Å². The number of carbonyl (C=O) groups excluding carboxylic acids is 2. The fraction of sp³-hybridized carbons (Fsp3) is 0.357. The van der Waals surface area contributed by atoms with E-state index in [4.69, 9.17) is 18.6 Å². The van der Waals surface area contributed by atoms with E-state index >= 15 is 0 Å². The third kappa shape index (κ3) is 8.30. The van der Waals surface area contributed by atoms with Gasteiger partial charge in [-0.2, -0.15) is 0 Å². The number of nitro benzene ring substituents is 1. The van der Waals surface area contributed by atoms with Crippen molar-refractivity contribution in [2.24, 2.45) is 0 Å². The molecule has 0 aliphatic heterocycles. The van der Waals surface area contributed by atoms with Gasteiger partial charge in [0.15, 0.2) is 11.5 Å². The molecule has 2 aromatic carbocycles. The minimum absolute atomic E-state index is 0.136. The average molecular weight is 540 g/mol. The highest BCUT2D eigenvalue weighted by atomic mass is 16.6. The van der Waals surface area contributed by atoms with E-state index in [0.29, 0.717) is 43.3 Å². The Hall–Kier alpha value is -4.38. The van der Waals surface area contributed by atoms with Crippen LogP contribution in [0.2, 0.25) is 0 Å². The summed E-state index contributed by atoms with van der Waals surface area (Å²) in [6.45, 7) is 0.994. The maximum absolute atomic E-state index is 13.6. The molecule has 0 aliphatic carbocycles. The standard InChI is InChI=1S/C28H33N3O8/c1-36-15-6-13-30(28(33)22-7-4-8-23(18-22)31(34)35)20-27(32)29(19-24-9-5-16-39-24)14-12-21-10-11-25(37-2)26(17-21)38-3/h4-5,7-11,16-18H,6,12-15,19-20H2,1-3H3. The second-order valence-electron chi connectivity index (χ2n) is 8.71. The van der Waals surface area contributed by atoms with Gasteiger partial charge in [0.1, 0.15) is 12.3 Å². The Balaban J connectivity index is 1.80. The van der Waals surface area contributed by atoms with Gasteiger partial charge in [-0.25, -0.2) is 0 Å². The Kier molecular flexibility index (Phi) is 10.9.